The maximum absolute atomic E-state index is 13.0. The Morgan fingerprint density at radius 3 is 2.35 bits per heavy atom. The SMILES string of the molecule is CCC(C)(C)C1CCC(NC(=O)CN2C(=O)N[C@](C)(c3ccc(OC)cc3)C2=O)CC1. The molecule has 0 aromatic heterocycles. The summed E-state index contributed by atoms with van der Waals surface area (Å²) in [6.07, 6.45) is 5.19. The van der Waals surface area contributed by atoms with Crippen LogP contribution in [0, 0.1) is 11.3 Å². The zero-order chi connectivity index (χ0) is 22.8. The number of carbonyl (C=O) groups is 3. The van der Waals surface area contributed by atoms with Crippen LogP contribution in [-0.4, -0.2) is 42.4 Å². The van der Waals surface area contributed by atoms with E-state index in [2.05, 4.69) is 31.4 Å². The van der Waals surface area contributed by atoms with Crippen molar-refractivity contribution in [1.29, 1.82) is 0 Å². The highest BCUT2D eigenvalue weighted by Crippen LogP contribution is 2.40. The van der Waals surface area contributed by atoms with Crippen LogP contribution in [0.15, 0.2) is 24.3 Å². The standard InChI is InChI=1S/C24H35N3O4/c1-6-23(2,3)16-7-11-18(12-8-16)25-20(28)15-27-21(29)24(4,26-22(27)30)17-9-13-19(31-5)14-10-17/h9-10,13-14,16,18H,6-8,11-12,15H2,1-5H3,(H,25,28)(H,26,30)/t16?,18?,24-/m1/s1. The minimum absolute atomic E-state index is 0.102. The van der Waals surface area contributed by atoms with E-state index < -0.39 is 17.5 Å². The Labute approximate surface area is 184 Å². The monoisotopic (exact) mass is 429 g/mol. The normalized spacial score (nSPS) is 26.5. The Kier molecular flexibility index (Phi) is 6.62. The van der Waals surface area contributed by atoms with E-state index in [-0.39, 0.29) is 18.5 Å². The second-order valence-corrected chi connectivity index (χ2v) is 9.63. The maximum atomic E-state index is 13.0. The lowest BCUT2D eigenvalue weighted by Crippen LogP contribution is -2.46. The highest BCUT2D eigenvalue weighted by molar-refractivity contribution is 6.09. The summed E-state index contributed by atoms with van der Waals surface area (Å²) >= 11 is 0. The average Bonchev–Trinajstić information content (AvgIpc) is 2.98. The van der Waals surface area contributed by atoms with Gasteiger partial charge in [-0.25, -0.2) is 4.79 Å². The number of carbonyl (C=O) groups excluding carboxylic acids is 3. The lowest BCUT2D eigenvalue weighted by atomic mass is 9.69. The molecule has 1 aromatic rings. The third kappa shape index (κ3) is 4.70. The van der Waals surface area contributed by atoms with Crippen LogP contribution >= 0.6 is 0 Å². The van der Waals surface area contributed by atoms with Crippen molar-refractivity contribution in [2.45, 2.75) is 71.4 Å². The van der Waals surface area contributed by atoms with Gasteiger partial charge in [0.2, 0.25) is 5.91 Å². The van der Waals surface area contributed by atoms with Crippen LogP contribution in [0.3, 0.4) is 0 Å². The van der Waals surface area contributed by atoms with Gasteiger partial charge in [-0.15, -0.1) is 0 Å². The van der Waals surface area contributed by atoms with Crippen molar-refractivity contribution in [2.24, 2.45) is 11.3 Å². The molecule has 7 heteroatoms. The van der Waals surface area contributed by atoms with E-state index in [0.29, 0.717) is 22.6 Å². The Bertz CT molecular complexity index is 828. The number of urea groups is 1. The maximum Gasteiger partial charge on any atom is 0.325 e. The van der Waals surface area contributed by atoms with Crippen molar-refractivity contribution in [2.75, 3.05) is 13.7 Å². The van der Waals surface area contributed by atoms with Gasteiger partial charge in [0, 0.05) is 6.04 Å². The molecule has 1 aliphatic carbocycles. The first-order chi connectivity index (χ1) is 14.6. The summed E-state index contributed by atoms with van der Waals surface area (Å²) in [7, 11) is 1.57. The van der Waals surface area contributed by atoms with Crippen molar-refractivity contribution < 1.29 is 19.1 Å². The Balaban J connectivity index is 1.58. The summed E-state index contributed by atoms with van der Waals surface area (Å²) in [5.41, 5.74) is -0.236. The van der Waals surface area contributed by atoms with Crippen molar-refractivity contribution in [1.82, 2.24) is 15.5 Å². The predicted molar refractivity (Wildman–Crippen MR) is 119 cm³/mol. The molecule has 1 saturated carbocycles. The summed E-state index contributed by atoms with van der Waals surface area (Å²) in [5, 5.41) is 5.77. The molecule has 1 aromatic carbocycles. The van der Waals surface area contributed by atoms with Gasteiger partial charge < -0.3 is 15.4 Å². The molecule has 3 rings (SSSR count). The number of nitrogens with zero attached hydrogens (tertiary/aromatic N) is 1. The van der Waals surface area contributed by atoms with Gasteiger partial charge in [0.1, 0.15) is 17.8 Å². The van der Waals surface area contributed by atoms with E-state index in [1.54, 1.807) is 38.3 Å². The molecule has 170 valence electrons. The highest BCUT2D eigenvalue weighted by Gasteiger charge is 2.49. The fourth-order valence-electron chi connectivity index (χ4n) is 4.69. The number of benzene rings is 1. The molecule has 0 unspecified atom stereocenters. The van der Waals surface area contributed by atoms with Crippen LogP contribution < -0.4 is 15.4 Å². The molecule has 2 N–H and O–H groups in total. The first-order valence-electron chi connectivity index (χ1n) is 11.2. The topological polar surface area (TPSA) is 87.7 Å². The number of amides is 4. The predicted octanol–water partition coefficient (Wildman–Crippen LogP) is 3.57. The quantitative estimate of drug-likeness (QED) is 0.649. The number of hydrogen-bond donors (Lipinski definition) is 2. The van der Waals surface area contributed by atoms with Crippen molar-refractivity contribution in [3.63, 3.8) is 0 Å². The van der Waals surface area contributed by atoms with E-state index in [4.69, 9.17) is 4.74 Å². The van der Waals surface area contributed by atoms with Crippen LogP contribution in [0.1, 0.15) is 65.4 Å². The molecular weight excluding hydrogens is 394 g/mol. The van der Waals surface area contributed by atoms with Gasteiger partial charge >= 0.3 is 6.03 Å². The van der Waals surface area contributed by atoms with Gasteiger partial charge in [0.25, 0.3) is 5.91 Å². The summed E-state index contributed by atoms with van der Waals surface area (Å²) in [6.45, 7) is 8.24. The van der Waals surface area contributed by atoms with E-state index in [1.165, 1.54) is 0 Å². The first-order valence-corrected chi connectivity index (χ1v) is 11.2. The summed E-state index contributed by atoms with van der Waals surface area (Å²) in [4.78, 5) is 39.2. The molecule has 2 aliphatic rings. The molecule has 2 fully saturated rings. The van der Waals surface area contributed by atoms with Crippen molar-refractivity contribution >= 4 is 17.8 Å². The summed E-state index contributed by atoms with van der Waals surface area (Å²) in [5.74, 6) is 0.617. The lowest BCUT2D eigenvalue weighted by Gasteiger charge is -2.39. The smallest absolute Gasteiger partial charge is 0.325 e. The van der Waals surface area contributed by atoms with E-state index >= 15 is 0 Å². The van der Waals surface area contributed by atoms with Crippen LogP contribution in [0.25, 0.3) is 0 Å². The number of rotatable bonds is 7. The molecule has 31 heavy (non-hydrogen) atoms. The Morgan fingerprint density at radius 2 is 1.81 bits per heavy atom. The molecule has 7 nitrogen and oxygen atoms in total. The number of nitrogens with one attached hydrogen (secondary N) is 2. The molecule has 1 atom stereocenters. The van der Waals surface area contributed by atoms with Gasteiger partial charge in [0.05, 0.1) is 7.11 Å². The van der Waals surface area contributed by atoms with E-state index in [1.807, 2.05) is 0 Å². The third-order valence-electron chi connectivity index (χ3n) is 7.35. The molecule has 1 saturated heterocycles. The number of hydrogen-bond acceptors (Lipinski definition) is 4. The zero-order valence-corrected chi connectivity index (χ0v) is 19.3. The molecule has 4 amide bonds. The summed E-state index contributed by atoms with van der Waals surface area (Å²) < 4.78 is 5.15. The highest BCUT2D eigenvalue weighted by atomic mass is 16.5. The number of ether oxygens (including phenoxy) is 1. The first kappa shape index (κ1) is 23.1. The van der Waals surface area contributed by atoms with Crippen LogP contribution in [0.4, 0.5) is 4.79 Å². The summed E-state index contributed by atoms with van der Waals surface area (Å²) in [6, 6.07) is 6.53. The molecule has 0 radical (unpaired) electrons. The second kappa shape index (κ2) is 8.89. The largest absolute Gasteiger partial charge is 0.497 e. The molecule has 0 spiro atoms. The van der Waals surface area contributed by atoms with Gasteiger partial charge in [-0.2, -0.15) is 0 Å². The second-order valence-electron chi connectivity index (χ2n) is 9.63. The van der Waals surface area contributed by atoms with E-state index in [9.17, 15) is 14.4 Å². The van der Waals surface area contributed by atoms with Crippen LogP contribution in [0.2, 0.25) is 0 Å². The average molecular weight is 430 g/mol. The van der Waals surface area contributed by atoms with Gasteiger partial charge in [0.15, 0.2) is 0 Å². The van der Waals surface area contributed by atoms with Gasteiger partial charge in [-0.3, -0.25) is 14.5 Å². The number of methoxy groups -OCH3 is 1. The Morgan fingerprint density at radius 1 is 1.19 bits per heavy atom. The zero-order valence-electron chi connectivity index (χ0n) is 19.3. The molecule has 1 aliphatic heterocycles. The Hall–Kier alpha value is -2.57. The minimum Gasteiger partial charge on any atom is -0.497 e. The van der Waals surface area contributed by atoms with Crippen LogP contribution in [0.5, 0.6) is 5.75 Å². The van der Waals surface area contributed by atoms with Crippen molar-refractivity contribution in [3.05, 3.63) is 29.8 Å². The fraction of sp³-hybridized carbons (Fsp3) is 0.625. The lowest BCUT2D eigenvalue weighted by molar-refractivity contribution is -0.135. The number of imide groups is 1. The molecule has 1 heterocycles. The van der Waals surface area contributed by atoms with Gasteiger partial charge in [-0.05, 0) is 61.6 Å². The van der Waals surface area contributed by atoms with Crippen molar-refractivity contribution in [3.8, 4) is 5.75 Å². The van der Waals surface area contributed by atoms with Crippen LogP contribution in [-0.2, 0) is 15.1 Å². The molecule has 0 bridgehead atoms. The van der Waals surface area contributed by atoms with Gasteiger partial charge in [-0.1, -0.05) is 39.3 Å². The third-order valence-corrected chi connectivity index (χ3v) is 7.35. The minimum atomic E-state index is -1.20. The van der Waals surface area contributed by atoms with E-state index in [0.717, 1.165) is 37.0 Å². The molecular formula is C24H35N3O4. The fourth-order valence-corrected chi connectivity index (χ4v) is 4.69.